The van der Waals surface area contributed by atoms with E-state index in [0.717, 1.165) is 19.6 Å². The Morgan fingerprint density at radius 1 is 1.40 bits per heavy atom. The van der Waals surface area contributed by atoms with E-state index in [9.17, 15) is 9.36 Å². The molecule has 1 aromatic carbocycles. The number of carbonyl (C=O) groups excluding carboxylic acids is 1. The summed E-state index contributed by atoms with van der Waals surface area (Å²) in [6.45, 7) is 0.987. The second-order valence-corrected chi connectivity index (χ2v) is 6.26. The average molecular weight is 303 g/mol. The lowest BCUT2D eigenvalue weighted by atomic mass is 10.1. The first-order valence-corrected chi connectivity index (χ1v) is 7.44. The van der Waals surface area contributed by atoms with E-state index in [1.807, 2.05) is 6.07 Å². The molecule has 112 valence electrons. The van der Waals surface area contributed by atoms with Gasteiger partial charge < -0.3 is 25.0 Å². The van der Waals surface area contributed by atoms with E-state index in [-0.39, 0.29) is 6.42 Å². The summed E-state index contributed by atoms with van der Waals surface area (Å²) < 4.78 is 20.6. The summed E-state index contributed by atoms with van der Waals surface area (Å²) in [6.07, 6.45) is 0.195. The van der Waals surface area contributed by atoms with Crippen LogP contribution in [0.1, 0.15) is 12.5 Å². The minimum Gasteiger partial charge on any atom is -0.420 e. The Bertz CT molecular complexity index is 502. The van der Waals surface area contributed by atoms with Gasteiger partial charge in [-0.1, -0.05) is 30.3 Å². The standard InChI is InChI=1S/C12H18NO6P/c1-12(18-2,20(15,16)17)19-11(14)10(13)8-9-6-4-3-5-7-9/h3-7,10H,8,13H2,1-2H3,(H2,15,16,17)/t10-,12?/m0/s1. The number of methoxy groups -OCH3 is 1. The van der Waals surface area contributed by atoms with Gasteiger partial charge in [-0.3, -0.25) is 9.36 Å². The molecule has 0 amide bonds. The topological polar surface area (TPSA) is 119 Å². The van der Waals surface area contributed by atoms with Gasteiger partial charge in [0, 0.05) is 14.0 Å². The first kappa shape index (κ1) is 16.8. The molecule has 0 saturated carbocycles. The van der Waals surface area contributed by atoms with Gasteiger partial charge in [-0.2, -0.15) is 0 Å². The molecule has 20 heavy (non-hydrogen) atoms. The molecule has 0 saturated heterocycles. The van der Waals surface area contributed by atoms with Crippen LogP contribution < -0.4 is 5.73 Å². The van der Waals surface area contributed by atoms with E-state index >= 15 is 0 Å². The molecule has 8 heteroatoms. The Hall–Kier alpha value is -1.24. The molecular formula is C12H18NO6P. The fraction of sp³-hybridized carbons (Fsp3) is 0.417. The lowest BCUT2D eigenvalue weighted by molar-refractivity contribution is -0.189. The summed E-state index contributed by atoms with van der Waals surface area (Å²) in [5, 5.41) is 0. The second-order valence-electron chi connectivity index (χ2n) is 4.36. The molecule has 0 radical (unpaired) electrons. The van der Waals surface area contributed by atoms with Crippen LogP contribution in [0.15, 0.2) is 30.3 Å². The summed E-state index contributed by atoms with van der Waals surface area (Å²) in [5.74, 6) is -0.943. The molecule has 4 N–H and O–H groups in total. The number of esters is 1. The van der Waals surface area contributed by atoms with Crippen molar-refractivity contribution >= 4 is 13.6 Å². The third-order valence-corrected chi connectivity index (χ3v) is 4.13. The summed E-state index contributed by atoms with van der Waals surface area (Å²) in [7, 11) is -3.75. The van der Waals surface area contributed by atoms with Crippen molar-refractivity contribution in [2.75, 3.05) is 7.11 Å². The molecule has 1 aromatic rings. The fourth-order valence-corrected chi connectivity index (χ4v) is 1.88. The lowest BCUT2D eigenvalue weighted by Crippen LogP contribution is -2.42. The Labute approximate surface area is 116 Å². The van der Waals surface area contributed by atoms with Crippen LogP contribution >= 0.6 is 7.60 Å². The molecular weight excluding hydrogens is 285 g/mol. The fourth-order valence-electron chi connectivity index (χ4n) is 1.43. The van der Waals surface area contributed by atoms with Gasteiger partial charge in [0.2, 0.25) is 0 Å². The SMILES string of the molecule is COC(C)(OC(=O)[C@@H](N)Cc1ccccc1)P(=O)(O)O. The number of rotatable bonds is 6. The van der Waals surface area contributed by atoms with Crippen LogP contribution in [-0.4, -0.2) is 34.4 Å². The van der Waals surface area contributed by atoms with Gasteiger partial charge in [0.25, 0.3) is 0 Å². The van der Waals surface area contributed by atoms with Gasteiger partial charge in [-0.05, 0) is 12.0 Å². The highest BCUT2D eigenvalue weighted by Gasteiger charge is 2.47. The monoisotopic (exact) mass is 303 g/mol. The number of benzene rings is 1. The predicted octanol–water partition coefficient (Wildman–Crippen LogP) is 0.597. The van der Waals surface area contributed by atoms with Gasteiger partial charge in [0.15, 0.2) is 0 Å². The van der Waals surface area contributed by atoms with E-state index in [1.54, 1.807) is 24.3 Å². The molecule has 1 unspecified atom stereocenters. The lowest BCUT2D eigenvalue weighted by Gasteiger charge is -2.29. The van der Waals surface area contributed by atoms with E-state index in [1.165, 1.54) is 0 Å². The summed E-state index contributed by atoms with van der Waals surface area (Å²) in [4.78, 5) is 30.0. The molecule has 0 aliphatic heterocycles. The maximum Gasteiger partial charge on any atom is 0.396 e. The van der Waals surface area contributed by atoms with Gasteiger partial charge >= 0.3 is 19.1 Å². The van der Waals surface area contributed by atoms with E-state index in [0.29, 0.717) is 0 Å². The van der Waals surface area contributed by atoms with Crippen molar-refractivity contribution in [2.24, 2.45) is 5.73 Å². The minimum absolute atomic E-state index is 0.195. The summed E-state index contributed by atoms with van der Waals surface area (Å²) in [5.41, 5.74) is 4.15. The summed E-state index contributed by atoms with van der Waals surface area (Å²) >= 11 is 0. The molecule has 0 aliphatic rings. The highest BCUT2D eigenvalue weighted by Crippen LogP contribution is 2.51. The van der Waals surface area contributed by atoms with E-state index < -0.39 is 25.1 Å². The zero-order valence-electron chi connectivity index (χ0n) is 11.2. The third kappa shape index (κ3) is 4.13. The largest absolute Gasteiger partial charge is 0.420 e. The normalized spacial score (nSPS) is 16.2. The molecule has 7 nitrogen and oxygen atoms in total. The summed E-state index contributed by atoms with van der Waals surface area (Å²) in [6, 6.07) is 7.93. The minimum atomic E-state index is -4.78. The zero-order valence-corrected chi connectivity index (χ0v) is 12.1. The Balaban J connectivity index is 2.73. The number of nitrogens with two attached hydrogens (primary N) is 1. The second kappa shape index (κ2) is 6.47. The van der Waals surface area contributed by atoms with Crippen molar-refractivity contribution in [1.82, 2.24) is 0 Å². The van der Waals surface area contributed by atoms with Gasteiger partial charge in [-0.25, -0.2) is 0 Å². The van der Waals surface area contributed by atoms with Crippen molar-refractivity contribution in [3.63, 3.8) is 0 Å². The van der Waals surface area contributed by atoms with Crippen LogP contribution in [-0.2, 0) is 25.3 Å². The van der Waals surface area contributed by atoms with E-state index in [2.05, 4.69) is 4.74 Å². The molecule has 2 atom stereocenters. The van der Waals surface area contributed by atoms with Crippen LogP contribution in [0.4, 0.5) is 0 Å². The van der Waals surface area contributed by atoms with Crippen LogP contribution in [0.5, 0.6) is 0 Å². The van der Waals surface area contributed by atoms with Crippen molar-refractivity contribution in [3.8, 4) is 0 Å². The molecule has 0 bridgehead atoms. The van der Waals surface area contributed by atoms with Crippen molar-refractivity contribution in [3.05, 3.63) is 35.9 Å². The zero-order chi connectivity index (χ0) is 15.4. The van der Waals surface area contributed by atoms with Gasteiger partial charge in [-0.15, -0.1) is 0 Å². The highest BCUT2D eigenvalue weighted by atomic mass is 31.2. The molecule has 0 aliphatic carbocycles. The van der Waals surface area contributed by atoms with Gasteiger partial charge in [0.05, 0.1) is 0 Å². The van der Waals surface area contributed by atoms with Crippen molar-refractivity contribution in [1.29, 1.82) is 0 Å². The van der Waals surface area contributed by atoms with Crippen LogP contribution in [0.25, 0.3) is 0 Å². The van der Waals surface area contributed by atoms with Crippen LogP contribution in [0, 0.1) is 0 Å². The maximum atomic E-state index is 11.8. The number of hydrogen-bond acceptors (Lipinski definition) is 5. The van der Waals surface area contributed by atoms with E-state index in [4.69, 9.17) is 20.3 Å². The Morgan fingerprint density at radius 3 is 2.40 bits per heavy atom. The first-order valence-electron chi connectivity index (χ1n) is 5.83. The molecule has 0 fully saturated rings. The quantitative estimate of drug-likeness (QED) is 0.400. The first-order chi connectivity index (χ1) is 9.19. The Morgan fingerprint density at radius 2 is 1.95 bits per heavy atom. The molecule has 0 aromatic heterocycles. The maximum absolute atomic E-state index is 11.8. The van der Waals surface area contributed by atoms with Crippen molar-refractivity contribution < 1.29 is 28.6 Å². The van der Waals surface area contributed by atoms with Crippen molar-refractivity contribution in [2.45, 2.75) is 24.9 Å². The average Bonchev–Trinajstić information content (AvgIpc) is 2.38. The van der Waals surface area contributed by atoms with Crippen LogP contribution in [0.3, 0.4) is 0 Å². The molecule has 0 spiro atoms. The predicted molar refractivity (Wildman–Crippen MR) is 71.7 cm³/mol. The number of carbonyl (C=O) groups is 1. The highest BCUT2D eigenvalue weighted by molar-refractivity contribution is 7.53. The molecule has 0 heterocycles. The number of hydrogen-bond donors (Lipinski definition) is 3. The molecule has 1 rings (SSSR count). The Kier molecular flexibility index (Phi) is 5.44. The third-order valence-electron chi connectivity index (χ3n) is 2.80. The van der Waals surface area contributed by atoms with Gasteiger partial charge in [0.1, 0.15) is 6.04 Å². The number of ether oxygens (including phenoxy) is 2. The smallest absolute Gasteiger partial charge is 0.396 e. The van der Waals surface area contributed by atoms with Crippen LogP contribution in [0.2, 0.25) is 0 Å².